The smallest absolute Gasteiger partial charge is 0.330 e. The Hall–Kier alpha value is -2.65. The van der Waals surface area contributed by atoms with E-state index < -0.39 is 27.9 Å². The van der Waals surface area contributed by atoms with Crippen LogP contribution in [0.5, 0.6) is 0 Å². The van der Waals surface area contributed by atoms with Gasteiger partial charge in [-0.1, -0.05) is 30.3 Å². The minimum absolute atomic E-state index is 0.0684. The lowest BCUT2D eigenvalue weighted by molar-refractivity contribution is -0.139. The average Bonchev–Trinajstić information content (AvgIpc) is 3.30. The highest BCUT2D eigenvalue weighted by molar-refractivity contribution is 7.89. The van der Waals surface area contributed by atoms with Crippen molar-refractivity contribution in [2.45, 2.75) is 30.7 Å². The number of carbonyl (C=O) groups excluding carboxylic acids is 1. The van der Waals surface area contributed by atoms with Crippen molar-refractivity contribution in [2.75, 3.05) is 13.1 Å². The van der Waals surface area contributed by atoms with Gasteiger partial charge in [-0.15, -0.1) is 0 Å². The van der Waals surface area contributed by atoms with E-state index in [1.807, 2.05) is 0 Å². The molecule has 8 nitrogen and oxygen atoms in total. The highest BCUT2D eigenvalue weighted by atomic mass is 32.2. The zero-order valence-electron chi connectivity index (χ0n) is 14.7. The number of aryl methyl sites for hydroxylation is 1. The second kappa shape index (κ2) is 7.53. The van der Waals surface area contributed by atoms with E-state index in [1.165, 1.54) is 11.2 Å². The number of rotatable bonds is 6. The lowest BCUT2D eigenvalue weighted by atomic mass is 10.1. The first-order chi connectivity index (χ1) is 12.8. The number of aliphatic carboxylic acids is 1. The zero-order chi connectivity index (χ0) is 19.6. The molecule has 2 aromatic rings. The van der Waals surface area contributed by atoms with Crippen molar-refractivity contribution < 1.29 is 27.5 Å². The van der Waals surface area contributed by atoms with Gasteiger partial charge in [-0.25, -0.2) is 13.2 Å². The van der Waals surface area contributed by atoms with Gasteiger partial charge in [0.2, 0.25) is 10.0 Å². The van der Waals surface area contributed by atoms with E-state index in [4.69, 9.17) is 4.42 Å². The maximum atomic E-state index is 12.7. The molecule has 1 aliphatic heterocycles. The summed E-state index contributed by atoms with van der Waals surface area (Å²) in [5, 5.41) is 11.8. The van der Waals surface area contributed by atoms with Crippen molar-refractivity contribution in [3.8, 4) is 0 Å². The number of furan rings is 1. The predicted octanol–water partition coefficient (Wildman–Crippen LogP) is 1.93. The summed E-state index contributed by atoms with van der Waals surface area (Å²) in [6.07, 6.45) is 1.58. The summed E-state index contributed by atoms with van der Waals surface area (Å²) >= 11 is 0. The number of amides is 1. The van der Waals surface area contributed by atoms with Crippen molar-refractivity contribution in [1.29, 1.82) is 0 Å². The summed E-state index contributed by atoms with van der Waals surface area (Å²) < 4.78 is 32.1. The van der Waals surface area contributed by atoms with Crippen LogP contribution in [0.4, 0.5) is 0 Å². The lowest BCUT2D eigenvalue weighted by Crippen LogP contribution is -2.33. The third-order valence-electron chi connectivity index (χ3n) is 4.43. The summed E-state index contributed by atoms with van der Waals surface area (Å²) in [6.45, 7) is 2.33. The van der Waals surface area contributed by atoms with Gasteiger partial charge in [0.05, 0.1) is 0 Å². The largest absolute Gasteiger partial charge is 0.479 e. The third-order valence-corrected chi connectivity index (χ3v) is 6.44. The predicted molar refractivity (Wildman–Crippen MR) is 95.7 cm³/mol. The van der Waals surface area contributed by atoms with E-state index in [0.29, 0.717) is 18.7 Å². The van der Waals surface area contributed by atoms with Crippen LogP contribution in [-0.4, -0.2) is 42.8 Å². The van der Waals surface area contributed by atoms with Gasteiger partial charge in [-0.3, -0.25) is 4.79 Å². The number of carboxylic acids is 1. The molecular formula is C18H20N2O6S. The molecule has 0 unspecified atom stereocenters. The van der Waals surface area contributed by atoms with Crippen molar-refractivity contribution in [2.24, 2.45) is 0 Å². The Kier molecular flexibility index (Phi) is 5.33. The number of hydrogen-bond acceptors (Lipinski definition) is 5. The van der Waals surface area contributed by atoms with Crippen LogP contribution in [0.25, 0.3) is 0 Å². The molecule has 144 valence electrons. The molecule has 3 rings (SSSR count). The second-order valence-electron chi connectivity index (χ2n) is 6.30. The van der Waals surface area contributed by atoms with E-state index in [-0.39, 0.29) is 16.4 Å². The van der Waals surface area contributed by atoms with Gasteiger partial charge in [-0.05, 0) is 25.3 Å². The fourth-order valence-electron chi connectivity index (χ4n) is 3.04. The van der Waals surface area contributed by atoms with Crippen molar-refractivity contribution in [3.63, 3.8) is 0 Å². The Morgan fingerprint density at radius 1 is 1.19 bits per heavy atom. The molecule has 1 atom stereocenters. The molecule has 1 aliphatic rings. The first kappa shape index (κ1) is 19.1. The quantitative estimate of drug-likeness (QED) is 0.776. The molecule has 1 amide bonds. The normalized spacial score (nSPS) is 16.2. The fraction of sp³-hybridized carbons (Fsp3) is 0.333. The fourth-order valence-corrected chi connectivity index (χ4v) is 4.71. The Bertz CT molecular complexity index is 945. The van der Waals surface area contributed by atoms with Crippen molar-refractivity contribution in [1.82, 2.24) is 9.62 Å². The Morgan fingerprint density at radius 2 is 1.81 bits per heavy atom. The van der Waals surface area contributed by atoms with Crippen LogP contribution in [0.1, 0.15) is 40.8 Å². The third kappa shape index (κ3) is 3.88. The van der Waals surface area contributed by atoms with E-state index in [1.54, 1.807) is 30.3 Å². The number of carbonyl (C=O) groups is 2. The van der Waals surface area contributed by atoms with Crippen LogP contribution in [0.15, 0.2) is 45.7 Å². The molecule has 0 radical (unpaired) electrons. The van der Waals surface area contributed by atoms with E-state index in [2.05, 4.69) is 5.32 Å². The Morgan fingerprint density at radius 3 is 2.41 bits per heavy atom. The minimum Gasteiger partial charge on any atom is -0.479 e. The highest BCUT2D eigenvalue weighted by Gasteiger charge is 2.32. The van der Waals surface area contributed by atoms with Crippen LogP contribution >= 0.6 is 0 Å². The molecule has 1 aromatic heterocycles. The maximum absolute atomic E-state index is 12.7. The van der Waals surface area contributed by atoms with Crippen molar-refractivity contribution in [3.05, 3.63) is 53.5 Å². The average molecular weight is 392 g/mol. The van der Waals surface area contributed by atoms with Gasteiger partial charge in [-0.2, -0.15) is 4.31 Å². The number of nitrogens with one attached hydrogen (secondary N) is 1. The zero-order valence-corrected chi connectivity index (χ0v) is 15.5. The topological polar surface area (TPSA) is 117 Å². The van der Waals surface area contributed by atoms with Crippen LogP contribution in [0.3, 0.4) is 0 Å². The van der Waals surface area contributed by atoms with E-state index >= 15 is 0 Å². The van der Waals surface area contributed by atoms with Gasteiger partial charge < -0.3 is 14.8 Å². The molecule has 1 fully saturated rings. The summed E-state index contributed by atoms with van der Waals surface area (Å²) in [5.41, 5.74) is 0.395. The lowest BCUT2D eigenvalue weighted by Gasteiger charge is -2.14. The molecule has 9 heteroatoms. The molecule has 0 bridgehead atoms. The van der Waals surface area contributed by atoms with Crippen LogP contribution in [-0.2, 0) is 14.8 Å². The first-order valence-electron chi connectivity index (χ1n) is 8.50. The van der Waals surface area contributed by atoms with Crippen molar-refractivity contribution >= 4 is 21.9 Å². The van der Waals surface area contributed by atoms with Gasteiger partial charge in [0.1, 0.15) is 10.7 Å². The van der Waals surface area contributed by atoms with Gasteiger partial charge in [0.25, 0.3) is 5.91 Å². The molecule has 2 N–H and O–H groups in total. The van der Waals surface area contributed by atoms with Gasteiger partial charge in [0, 0.05) is 19.2 Å². The monoisotopic (exact) mass is 392 g/mol. The first-order valence-corrected chi connectivity index (χ1v) is 9.94. The molecular weight excluding hydrogens is 372 g/mol. The maximum Gasteiger partial charge on any atom is 0.330 e. The number of hydrogen-bond donors (Lipinski definition) is 2. The number of nitrogens with zero attached hydrogens (tertiary/aromatic N) is 1. The molecule has 1 saturated heterocycles. The van der Waals surface area contributed by atoms with Crippen LogP contribution < -0.4 is 5.32 Å². The number of sulfonamides is 1. The van der Waals surface area contributed by atoms with E-state index in [9.17, 15) is 23.1 Å². The molecule has 0 aliphatic carbocycles. The molecule has 2 heterocycles. The van der Waals surface area contributed by atoms with Gasteiger partial charge >= 0.3 is 5.97 Å². The number of benzene rings is 1. The summed E-state index contributed by atoms with van der Waals surface area (Å²) in [5.74, 6) is -2.17. The summed E-state index contributed by atoms with van der Waals surface area (Å²) in [7, 11) is -3.74. The second-order valence-corrected chi connectivity index (χ2v) is 8.20. The molecule has 0 saturated carbocycles. The SMILES string of the molecule is Cc1oc(C(=O)N[C@H](C(=O)O)c2ccccc2)cc1S(=O)(=O)N1CCCC1. The Balaban J connectivity index is 1.84. The number of carboxylic acid groups (broad SMARTS) is 1. The summed E-state index contributed by atoms with van der Waals surface area (Å²) in [4.78, 5) is 23.9. The molecule has 0 spiro atoms. The van der Waals surface area contributed by atoms with Crippen LogP contribution in [0.2, 0.25) is 0 Å². The van der Waals surface area contributed by atoms with E-state index in [0.717, 1.165) is 18.9 Å². The minimum atomic E-state index is -3.74. The molecule has 1 aromatic carbocycles. The standard InChI is InChI=1S/C18H20N2O6S/c1-12-15(27(24,25)20-9-5-6-10-20)11-14(26-12)17(21)19-16(18(22)23)13-7-3-2-4-8-13/h2-4,7-8,11,16H,5-6,9-10H2,1H3,(H,19,21)(H,22,23)/t16-/m0/s1. The van der Waals surface area contributed by atoms with Gasteiger partial charge in [0.15, 0.2) is 11.8 Å². The highest BCUT2D eigenvalue weighted by Crippen LogP contribution is 2.26. The Labute approximate surface area is 156 Å². The molecule has 27 heavy (non-hydrogen) atoms. The van der Waals surface area contributed by atoms with Crippen LogP contribution in [0, 0.1) is 6.92 Å². The summed E-state index contributed by atoms with van der Waals surface area (Å²) in [6, 6.07) is 8.09.